The molecule has 5 rings (SSSR count). The summed E-state index contributed by atoms with van der Waals surface area (Å²) in [5.41, 5.74) is 8.57. The quantitative estimate of drug-likeness (QED) is 0.335. The Morgan fingerprint density at radius 3 is 2.00 bits per heavy atom. The molecule has 1 aliphatic carbocycles. The van der Waals surface area contributed by atoms with Gasteiger partial charge in [0.15, 0.2) is 0 Å². The zero-order valence-electron chi connectivity index (χ0n) is 15.6. The van der Waals surface area contributed by atoms with Crippen LogP contribution in [0, 0.1) is 13.3 Å². The van der Waals surface area contributed by atoms with Crippen molar-refractivity contribution in [2.45, 2.75) is 6.92 Å². The van der Waals surface area contributed by atoms with E-state index in [-0.39, 0.29) is 26.2 Å². The predicted molar refractivity (Wildman–Crippen MR) is 112 cm³/mol. The van der Waals surface area contributed by atoms with Crippen molar-refractivity contribution in [1.82, 2.24) is 0 Å². The summed E-state index contributed by atoms with van der Waals surface area (Å²) < 4.78 is 6.16. The molecule has 1 aliphatic rings. The van der Waals surface area contributed by atoms with E-state index in [1.807, 2.05) is 24.3 Å². The first-order chi connectivity index (χ1) is 13.3. The van der Waals surface area contributed by atoms with E-state index in [2.05, 4.69) is 80.1 Å². The zero-order chi connectivity index (χ0) is 18.2. The molecule has 0 bridgehead atoms. The molecule has 28 heavy (non-hydrogen) atoms. The van der Waals surface area contributed by atoms with Crippen LogP contribution in [0.1, 0.15) is 22.5 Å². The van der Waals surface area contributed by atoms with Gasteiger partial charge >= 0.3 is 0 Å². The topological polar surface area (TPSA) is 13.1 Å². The fraction of sp³-hybridized carbons (Fsp3) is 0.0385. The van der Waals surface area contributed by atoms with E-state index in [1.165, 1.54) is 27.8 Å². The maximum atomic E-state index is 6.16. The Kier molecular flexibility index (Phi) is 5.33. The molecule has 0 fully saturated rings. The number of benzene rings is 3. The molecule has 0 amide bonds. The molecule has 0 atom stereocenters. The van der Waals surface area contributed by atoms with Crippen molar-refractivity contribution in [3.8, 4) is 22.5 Å². The number of hydrogen-bond donors (Lipinski definition) is 0. The molecule has 0 saturated carbocycles. The molecule has 1 nitrogen and oxygen atoms in total. The molecule has 133 valence electrons. The van der Waals surface area contributed by atoms with Gasteiger partial charge in [-0.2, -0.15) is 0 Å². The van der Waals surface area contributed by atoms with Crippen LogP contribution in [-0.2, 0) is 26.2 Å². The van der Waals surface area contributed by atoms with Crippen molar-refractivity contribution >= 4 is 11.6 Å². The summed E-state index contributed by atoms with van der Waals surface area (Å²) in [7, 11) is 0. The molecule has 1 heterocycles. The monoisotopic (exact) mass is 437 g/mol. The third-order valence-corrected chi connectivity index (χ3v) is 5.11. The van der Waals surface area contributed by atoms with Gasteiger partial charge in [-0.1, -0.05) is 72.8 Å². The number of rotatable bonds is 3. The van der Waals surface area contributed by atoms with E-state index in [4.69, 9.17) is 4.42 Å². The van der Waals surface area contributed by atoms with Gasteiger partial charge in [-0.3, -0.25) is 0 Å². The van der Waals surface area contributed by atoms with Crippen LogP contribution < -0.4 is 0 Å². The molecule has 3 aromatic carbocycles. The minimum Gasteiger partial charge on any atom is -0.456 e. The first kappa shape index (κ1) is 18.9. The van der Waals surface area contributed by atoms with Crippen molar-refractivity contribution in [1.29, 1.82) is 0 Å². The van der Waals surface area contributed by atoms with Gasteiger partial charge in [0.2, 0.25) is 0 Å². The van der Waals surface area contributed by atoms with Crippen molar-refractivity contribution in [3.05, 3.63) is 114 Å². The van der Waals surface area contributed by atoms with E-state index < -0.39 is 0 Å². The summed E-state index contributed by atoms with van der Waals surface area (Å²) in [4.78, 5) is 0. The van der Waals surface area contributed by atoms with Gasteiger partial charge in [0.1, 0.15) is 11.5 Å². The number of furan rings is 1. The van der Waals surface area contributed by atoms with Crippen LogP contribution in [0.3, 0.4) is 0 Å². The van der Waals surface area contributed by atoms with Crippen LogP contribution in [0.15, 0.2) is 89.3 Å². The maximum Gasteiger partial charge on any atom is 0.134 e. The predicted octanol–water partition coefficient (Wildman–Crippen LogP) is 7.03. The van der Waals surface area contributed by atoms with Crippen molar-refractivity contribution in [2.75, 3.05) is 0 Å². The average Bonchev–Trinajstić information content (AvgIpc) is 3.36. The normalized spacial score (nSPS) is 12.2. The molecule has 0 N–H and O–H groups in total. The molecular formula is C26H19OZr. The van der Waals surface area contributed by atoms with Crippen molar-refractivity contribution in [2.24, 2.45) is 0 Å². The summed E-state index contributed by atoms with van der Waals surface area (Å²) in [5.74, 6) is 1.80. The average molecular weight is 439 g/mol. The second-order valence-corrected chi connectivity index (χ2v) is 6.90. The fourth-order valence-electron chi connectivity index (χ4n) is 3.77. The molecule has 0 saturated heterocycles. The minimum atomic E-state index is 0. The Balaban J connectivity index is 0.00000192. The molecular weight excluding hydrogens is 420 g/mol. The minimum absolute atomic E-state index is 0. The number of aryl methyl sites for hydroxylation is 1. The number of fused-ring (bicyclic) bond motifs is 1. The molecule has 0 spiro atoms. The van der Waals surface area contributed by atoms with E-state index in [0.717, 1.165) is 22.7 Å². The van der Waals surface area contributed by atoms with Gasteiger partial charge in [-0.05, 0) is 52.9 Å². The standard InChI is InChI=1S/C26H19O.Zr/c1-18-12-13-21-16-22(17-23(21)26(18)20-10-6-3-7-11-20)25-15-14-24(27-25)19-8-4-2-5-9-19;/h2-17H,1H3;. The Labute approximate surface area is 184 Å². The number of hydrogen-bond acceptors (Lipinski definition) is 1. The summed E-state index contributed by atoms with van der Waals surface area (Å²) in [6.45, 7) is 2.18. The van der Waals surface area contributed by atoms with Gasteiger partial charge < -0.3 is 4.42 Å². The first-order valence-corrected chi connectivity index (χ1v) is 9.21. The molecule has 0 aliphatic heterocycles. The van der Waals surface area contributed by atoms with Crippen LogP contribution in [0.25, 0.3) is 34.1 Å². The summed E-state index contributed by atoms with van der Waals surface area (Å²) in [5, 5.41) is 0. The molecule has 1 aromatic heterocycles. The Morgan fingerprint density at radius 2 is 1.29 bits per heavy atom. The van der Waals surface area contributed by atoms with Gasteiger partial charge in [-0.25, -0.2) is 0 Å². The fourth-order valence-corrected chi connectivity index (χ4v) is 3.77. The first-order valence-electron chi connectivity index (χ1n) is 9.21. The van der Waals surface area contributed by atoms with E-state index in [9.17, 15) is 0 Å². The maximum absolute atomic E-state index is 6.16. The molecule has 4 aromatic rings. The van der Waals surface area contributed by atoms with E-state index in [1.54, 1.807) is 0 Å². The molecule has 1 radical (unpaired) electrons. The van der Waals surface area contributed by atoms with Crippen LogP contribution in [-0.4, -0.2) is 0 Å². The Bertz CT molecular complexity index is 1140. The van der Waals surface area contributed by atoms with Crippen LogP contribution >= 0.6 is 0 Å². The SMILES string of the molecule is Cc1ccc2c(c1-c1ccccc1)C=C(c1ccc(-c3ccccc3)o1)[CH]2.[Zr]. The van der Waals surface area contributed by atoms with Gasteiger partial charge in [0.25, 0.3) is 0 Å². The summed E-state index contributed by atoms with van der Waals surface area (Å²) in [6.07, 6.45) is 4.47. The van der Waals surface area contributed by atoms with Crippen LogP contribution in [0.4, 0.5) is 0 Å². The molecule has 0 unspecified atom stereocenters. The van der Waals surface area contributed by atoms with E-state index >= 15 is 0 Å². The third-order valence-electron chi connectivity index (χ3n) is 5.11. The Hall–Kier alpha value is -2.44. The number of allylic oxidation sites excluding steroid dienone is 1. The Morgan fingerprint density at radius 1 is 0.643 bits per heavy atom. The van der Waals surface area contributed by atoms with Crippen LogP contribution in [0.5, 0.6) is 0 Å². The van der Waals surface area contributed by atoms with Gasteiger partial charge in [-0.15, -0.1) is 0 Å². The third kappa shape index (κ3) is 3.38. The molecule has 2 heteroatoms. The summed E-state index contributed by atoms with van der Waals surface area (Å²) >= 11 is 0. The van der Waals surface area contributed by atoms with E-state index in [0.29, 0.717) is 0 Å². The van der Waals surface area contributed by atoms with Crippen LogP contribution in [0.2, 0.25) is 0 Å². The van der Waals surface area contributed by atoms with Crippen molar-refractivity contribution in [3.63, 3.8) is 0 Å². The second-order valence-electron chi connectivity index (χ2n) is 6.90. The largest absolute Gasteiger partial charge is 0.456 e. The van der Waals surface area contributed by atoms with Gasteiger partial charge in [0, 0.05) is 43.8 Å². The van der Waals surface area contributed by atoms with Crippen molar-refractivity contribution < 1.29 is 30.6 Å². The zero-order valence-corrected chi connectivity index (χ0v) is 18.1. The summed E-state index contributed by atoms with van der Waals surface area (Å²) in [6, 6.07) is 29.3. The second kappa shape index (κ2) is 7.89. The smallest absolute Gasteiger partial charge is 0.134 e. The van der Waals surface area contributed by atoms with Gasteiger partial charge in [0.05, 0.1) is 0 Å².